The molecule has 0 spiro atoms. The SMILES string of the molecule is COc1cc(C(=O)N(Cc2ccc(Cl)cc2)C2CCS(=O)(=O)C2)cc(OC)c1OC. The van der Waals surface area contributed by atoms with E-state index in [0.717, 1.165) is 5.56 Å². The first kappa shape index (κ1) is 22.2. The van der Waals surface area contributed by atoms with Crippen LogP contribution in [0.2, 0.25) is 5.02 Å². The summed E-state index contributed by atoms with van der Waals surface area (Å²) in [6.45, 7) is 0.257. The minimum Gasteiger partial charge on any atom is -0.493 e. The molecule has 0 aliphatic carbocycles. The first-order chi connectivity index (χ1) is 14.3. The van der Waals surface area contributed by atoms with E-state index in [4.69, 9.17) is 25.8 Å². The highest BCUT2D eigenvalue weighted by Gasteiger charge is 2.35. The lowest BCUT2D eigenvalue weighted by molar-refractivity contribution is 0.0680. The molecule has 9 heteroatoms. The molecule has 3 rings (SSSR count). The van der Waals surface area contributed by atoms with Gasteiger partial charge in [-0.05, 0) is 36.2 Å². The smallest absolute Gasteiger partial charge is 0.254 e. The number of nitrogens with zero attached hydrogens (tertiary/aromatic N) is 1. The van der Waals surface area contributed by atoms with Gasteiger partial charge in [-0.3, -0.25) is 4.79 Å². The molecule has 7 nitrogen and oxygen atoms in total. The van der Waals surface area contributed by atoms with E-state index >= 15 is 0 Å². The number of carbonyl (C=O) groups is 1. The van der Waals surface area contributed by atoms with Crippen LogP contribution < -0.4 is 14.2 Å². The van der Waals surface area contributed by atoms with E-state index in [0.29, 0.717) is 34.3 Å². The van der Waals surface area contributed by atoms with Crippen molar-refractivity contribution in [3.8, 4) is 17.2 Å². The number of ether oxygens (including phenoxy) is 3. The zero-order chi connectivity index (χ0) is 21.9. The summed E-state index contributed by atoms with van der Waals surface area (Å²) in [5.74, 6) is 0.778. The summed E-state index contributed by atoms with van der Waals surface area (Å²) in [5.41, 5.74) is 1.17. The average Bonchev–Trinajstić information content (AvgIpc) is 3.10. The average molecular weight is 454 g/mol. The Labute approximate surface area is 181 Å². The van der Waals surface area contributed by atoms with Gasteiger partial charge in [-0.1, -0.05) is 23.7 Å². The Morgan fingerprint density at radius 2 is 1.67 bits per heavy atom. The normalized spacial score (nSPS) is 17.4. The van der Waals surface area contributed by atoms with E-state index in [9.17, 15) is 13.2 Å². The summed E-state index contributed by atoms with van der Waals surface area (Å²) in [7, 11) is 1.25. The van der Waals surface area contributed by atoms with Gasteiger partial charge in [-0.2, -0.15) is 0 Å². The van der Waals surface area contributed by atoms with Gasteiger partial charge in [0, 0.05) is 23.2 Å². The van der Waals surface area contributed by atoms with Crippen LogP contribution in [0.1, 0.15) is 22.3 Å². The second-order valence-corrected chi connectivity index (χ2v) is 9.70. The van der Waals surface area contributed by atoms with Gasteiger partial charge in [0.15, 0.2) is 21.3 Å². The van der Waals surface area contributed by atoms with Crippen LogP contribution in [0, 0.1) is 0 Å². The molecule has 0 N–H and O–H groups in total. The van der Waals surface area contributed by atoms with Crippen molar-refractivity contribution < 1.29 is 27.4 Å². The number of carbonyl (C=O) groups excluding carboxylic acids is 1. The van der Waals surface area contributed by atoms with Crippen LogP contribution in [-0.2, 0) is 16.4 Å². The summed E-state index contributed by atoms with van der Waals surface area (Å²) in [6, 6.07) is 9.85. The molecule has 1 atom stereocenters. The third kappa shape index (κ3) is 4.82. The topological polar surface area (TPSA) is 82.1 Å². The van der Waals surface area contributed by atoms with Crippen molar-refractivity contribution in [2.75, 3.05) is 32.8 Å². The fourth-order valence-electron chi connectivity index (χ4n) is 3.54. The Morgan fingerprint density at radius 3 is 2.13 bits per heavy atom. The molecule has 0 bridgehead atoms. The van der Waals surface area contributed by atoms with E-state index in [2.05, 4.69) is 0 Å². The summed E-state index contributed by atoms with van der Waals surface area (Å²) in [5, 5.41) is 0.588. The van der Waals surface area contributed by atoms with Gasteiger partial charge in [-0.25, -0.2) is 8.42 Å². The van der Waals surface area contributed by atoms with E-state index in [-0.39, 0.29) is 24.0 Å². The monoisotopic (exact) mass is 453 g/mol. The number of amides is 1. The van der Waals surface area contributed by atoms with Crippen LogP contribution in [0.3, 0.4) is 0 Å². The van der Waals surface area contributed by atoms with Crippen LogP contribution in [0.25, 0.3) is 0 Å². The predicted octanol–water partition coefficient (Wildman–Crippen LogP) is 3.20. The molecule has 1 aliphatic rings. The number of hydrogen-bond acceptors (Lipinski definition) is 6. The first-order valence-electron chi connectivity index (χ1n) is 9.34. The van der Waals surface area contributed by atoms with Crippen molar-refractivity contribution in [1.82, 2.24) is 4.90 Å². The minimum atomic E-state index is -3.18. The van der Waals surface area contributed by atoms with Crippen LogP contribution in [0.5, 0.6) is 17.2 Å². The predicted molar refractivity (Wildman–Crippen MR) is 114 cm³/mol. The molecule has 2 aromatic carbocycles. The summed E-state index contributed by atoms with van der Waals surface area (Å²) in [4.78, 5) is 15.1. The van der Waals surface area contributed by atoms with Gasteiger partial charge in [-0.15, -0.1) is 0 Å². The quantitative estimate of drug-likeness (QED) is 0.640. The number of methoxy groups -OCH3 is 3. The van der Waals surface area contributed by atoms with Crippen molar-refractivity contribution in [3.05, 3.63) is 52.5 Å². The second kappa shape index (κ2) is 9.14. The molecular formula is C21H24ClNO6S. The van der Waals surface area contributed by atoms with Crippen LogP contribution >= 0.6 is 11.6 Å². The Hall–Kier alpha value is -2.45. The third-order valence-electron chi connectivity index (χ3n) is 5.09. The summed E-state index contributed by atoms with van der Waals surface area (Å²) in [6.07, 6.45) is 0.395. The van der Waals surface area contributed by atoms with Gasteiger partial charge < -0.3 is 19.1 Å². The van der Waals surface area contributed by atoms with Crippen molar-refractivity contribution >= 4 is 27.3 Å². The number of benzene rings is 2. The third-order valence-corrected chi connectivity index (χ3v) is 7.09. The summed E-state index contributed by atoms with van der Waals surface area (Å²) < 4.78 is 40.2. The fourth-order valence-corrected chi connectivity index (χ4v) is 5.40. The number of hydrogen-bond donors (Lipinski definition) is 0. The van der Waals surface area contributed by atoms with Gasteiger partial charge in [0.2, 0.25) is 5.75 Å². The van der Waals surface area contributed by atoms with Crippen LogP contribution in [0.15, 0.2) is 36.4 Å². The van der Waals surface area contributed by atoms with Crippen LogP contribution in [-0.4, -0.2) is 58.1 Å². The van der Waals surface area contributed by atoms with Gasteiger partial charge in [0.25, 0.3) is 5.91 Å². The highest BCUT2D eigenvalue weighted by atomic mass is 35.5. The molecule has 1 heterocycles. The second-order valence-electron chi connectivity index (χ2n) is 7.03. The molecule has 1 amide bonds. The Balaban J connectivity index is 2.00. The van der Waals surface area contributed by atoms with Gasteiger partial charge >= 0.3 is 0 Å². The molecule has 1 aliphatic heterocycles. The number of rotatable bonds is 7. The van der Waals surface area contributed by atoms with Crippen molar-refractivity contribution in [2.45, 2.75) is 19.0 Å². The lowest BCUT2D eigenvalue weighted by Gasteiger charge is -2.29. The largest absolute Gasteiger partial charge is 0.493 e. The standard InChI is InChI=1S/C21H24ClNO6S/c1-27-18-10-15(11-19(28-2)20(18)29-3)21(24)23(17-8-9-30(25,26)13-17)12-14-4-6-16(22)7-5-14/h4-7,10-11,17H,8-9,12-13H2,1-3H3. The fraction of sp³-hybridized carbons (Fsp3) is 0.381. The zero-order valence-electron chi connectivity index (χ0n) is 17.1. The number of halogens is 1. The first-order valence-corrected chi connectivity index (χ1v) is 11.5. The van der Waals surface area contributed by atoms with Crippen molar-refractivity contribution in [2.24, 2.45) is 0 Å². The molecule has 162 valence electrons. The maximum atomic E-state index is 13.5. The highest BCUT2D eigenvalue weighted by molar-refractivity contribution is 7.91. The van der Waals surface area contributed by atoms with Crippen molar-refractivity contribution in [1.29, 1.82) is 0 Å². The lowest BCUT2D eigenvalue weighted by Crippen LogP contribution is -2.40. The van der Waals surface area contributed by atoms with Gasteiger partial charge in [0.05, 0.1) is 32.8 Å². The maximum absolute atomic E-state index is 13.5. The van der Waals surface area contributed by atoms with E-state index in [1.54, 1.807) is 29.2 Å². The molecule has 1 saturated heterocycles. The minimum absolute atomic E-state index is 0.0588. The zero-order valence-corrected chi connectivity index (χ0v) is 18.6. The summed E-state index contributed by atoms with van der Waals surface area (Å²) >= 11 is 5.97. The van der Waals surface area contributed by atoms with E-state index in [1.807, 2.05) is 12.1 Å². The molecule has 0 radical (unpaired) electrons. The molecule has 2 aromatic rings. The Kier molecular flexibility index (Phi) is 6.77. The van der Waals surface area contributed by atoms with E-state index < -0.39 is 15.9 Å². The lowest BCUT2D eigenvalue weighted by atomic mass is 10.1. The molecule has 1 fully saturated rings. The molecule has 30 heavy (non-hydrogen) atoms. The van der Waals surface area contributed by atoms with E-state index in [1.165, 1.54) is 21.3 Å². The Morgan fingerprint density at radius 1 is 1.07 bits per heavy atom. The molecule has 0 aromatic heterocycles. The Bertz CT molecular complexity index is 997. The van der Waals surface area contributed by atoms with Crippen LogP contribution in [0.4, 0.5) is 0 Å². The highest BCUT2D eigenvalue weighted by Crippen LogP contribution is 2.39. The van der Waals surface area contributed by atoms with Crippen molar-refractivity contribution in [3.63, 3.8) is 0 Å². The number of sulfone groups is 1. The van der Waals surface area contributed by atoms with Gasteiger partial charge in [0.1, 0.15) is 0 Å². The molecule has 0 saturated carbocycles. The molecule has 1 unspecified atom stereocenters. The maximum Gasteiger partial charge on any atom is 0.254 e. The molecular weight excluding hydrogens is 430 g/mol.